The van der Waals surface area contributed by atoms with Gasteiger partial charge in [0.05, 0.1) is 0 Å². The summed E-state index contributed by atoms with van der Waals surface area (Å²) in [5, 5.41) is 2.96. The maximum absolute atomic E-state index is 11.0. The Labute approximate surface area is 135 Å². The van der Waals surface area contributed by atoms with Crippen molar-refractivity contribution in [3.63, 3.8) is 0 Å². The summed E-state index contributed by atoms with van der Waals surface area (Å²) in [5.41, 5.74) is 2.84. The number of hydrogen-bond acceptors (Lipinski definition) is 2. The standard InChI is InChI=1S/C19H30N2O/c1-15(2)19-8-6-17(7-9-19)10-12-21-11-4-5-18(14-21)13-20-16(3)22/h6-9,15,18H,4-5,10-14H2,1-3H3,(H,20,22)/t18-/m1/s1. The third kappa shape index (κ3) is 5.45. The van der Waals surface area contributed by atoms with Crippen LogP contribution in [0.15, 0.2) is 24.3 Å². The van der Waals surface area contributed by atoms with E-state index in [2.05, 4.69) is 48.3 Å². The van der Waals surface area contributed by atoms with Gasteiger partial charge in [0, 0.05) is 26.6 Å². The minimum atomic E-state index is 0.0855. The molecule has 1 aromatic rings. The van der Waals surface area contributed by atoms with Crippen LogP contribution in [-0.2, 0) is 11.2 Å². The first-order valence-corrected chi connectivity index (χ1v) is 8.60. The van der Waals surface area contributed by atoms with E-state index in [1.54, 1.807) is 6.92 Å². The molecule has 0 aliphatic carbocycles. The van der Waals surface area contributed by atoms with Crippen LogP contribution in [0.3, 0.4) is 0 Å². The smallest absolute Gasteiger partial charge is 0.216 e. The maximum Gasteiger partial charge on any atom is 0.216 e. The third-order valence-corrected chi connectivity index (χ3v) is 4.61. The molecule has 1 aromatic carbocycles. The topological polar surface area (TPSA) is 32.3 Å². The highest BCUT2D eigenvalue weighted by Crippen LogP contribution is 2.18. The number of nitrogens with zero attached hydrogens (tertiary/aromatic N) is 1. The monoisotopic (exact) mass is 302 g/mol. The molecular weight excluding hydrogens is 272 g/mol. The number of carbonyl (C=O) groups is 1. The first-order chi connectivity index (χ1) is 10.5. The summed E-state index contributed by atoms with van der Waals surface area (Å²) in [6.45, 7) is 10.3. The van der Waals surface area contributed by atoms with Gasteiger partial charge in [-0.15, -0.1) is 0 Å². The maximum atomic E-state index is 11.0. The third-order valence-electron chi connectivity index (χ3n) is 4.61. The molecule has 1 N–H and O–H groups in total. The number of benzene rings is 1. The molecule has 1 heterocycles. The molecule has 0 saturated carbocycles. The van der Waals surface area contributed by atoms with Crippen LogP contribution in [0.25, 0.3) is 0 Å². The van der Waals surface area contributed by atoms with Crippen LogP contribution in [0.2, 0.25) is 0 Å². The second-order valence-corrected chi connectivity index (χ2v) is 6.89. The summed E-state index contributed by atoms with van der Waals surface area (Å²) in [6.07, 6.45) is 3.60. The average Bonchev–Trinajstić information content (AvgIpc) is 2.52. The van der Waals surface area contributed by atoms with Gasteiger partial charge in [-0.3, -0.25) is 4.79 Å². The molecule has 3 nitrogen and oxygen atoms in total. The largest absolute Gasteiger partial charge is 0.356 e. The Morgan fingerprint density at radius 1 is 1.32 bits per heavy atom. The lowest BCUT2D eigenvalue weighted by atomic mass is 9.97. The number of hydrogen-bond donors (Lipinski definition) is 1. The molecule has 0 bridgehead atoms. The highest BCUT2D eigenvalue weighted by Gasteiger charge is 2.19. The Morgan fingerprint density at radius 2 is 2.05 bits per heavy atom. The van der Waals surface area contributed by atoms with E-state index in [1.165, 1.54) is 30.5 Å². The fraction of sp³-hybridized carbons (Fsp3) is 0.632. The Hall–Kier alpha value is -1.35. The van der Waals surface area contributed by atoms with E-state index in [9.17, 15) is 4.79 Å². The molecular formula is C19H30N2O. The SMILES string of the molecule is CC(=O)NC[C@H]1CCCN(CCc2ccc(C(C)C)cc2)C1. The number of amides is 1. The first-order valence-electron chi connectivity index (χ1n) is 8.60. The van der Waals surface area contributed by atoms with E-state index in [-0.39, 0.29) is 5.91 Å². The van der Waals surface area contributed by atoms with Crippen molar-refractivity contribution in [1.82, 2.24) is 10.2 Å². The molecule has 0 aromatic heterocycles. The minimum absolute atomic E-state index is 0.0855. The fourth-order valence-corrected chi connectivity index (χ4v) is 3.17. The summed E-state index contributed by atoms with van der Waals surface area (Å²) in [4.78, 5) is 13.6. The van der Waals surface area contributed by atoms with Crippen molar-refractivity contribution in [2.45, 2.75) is 46.0 Å². The van der Waals surface area contributed by atoms with Gasteiger partial charge in [0.2, 0.25) is 5.91 Å². The second-order valence-electron chi connectivity index (χ2n) is 6.89. The zero-order chi connectivity index (χ0) is 15.9. The summed E-state index contributed by atoms with van der Waals surface area (Å²) >= 11 is 0. The molecule has 0 unspecified atom stereocenters. The Bertz CT molecular complexity index is 467. The predicted molar refractivity (Wildman–Crippen MR) is 92.1 cm³/mol. The number of nitrogens with one attached hydrogen (secondary N) is 1. The molecule has 2 rings (SSSR count). The molecule has 1 aliphatic rings. The number of likely N-dealkylation sites (tertiary alicyclic amines) is 1. The molecule has 122 valence electrons. The summed E-state index contributed by atoms with van der Waals surface area (Å²) < 4.78 is 0. The molecule has 0 radical (unpaired) electrons. The fourth-order valence-electron chi connectivity index (χ4n) is 3.17. The quantitative estimate of drug-likeness (QED) is 0.875. The van der Waals surface area contributed by atoms with Gasteiger partial charge in [-0.1, -0.05) is 38.1 Å². The zero-order valence-electron chi connectivity index (χ0n) is 14.3. The first kappa shape index (κ1) is 17.0. The lowest BCUT2D eigenvalue weighted by molar-refractivity contribution is -0.119. The van der Waals surface area contributed by atoms with Crippen molar-refractivity contribution in [1.29, 1.82) is 0 Å². The van der Waals surface area contributed by atoms with E-state index in [4.69, 9.17) is 0 Å². The van der Waals surface area contributed by atoms with Crippen LogP contribution in [0.5, 0.6) is 0 Å². The van der Waals surface area contributed by atoms with E-state index < -0.39 is 0 Å². The lowest BCUT2D eigenvalue weighted by Gasteiger charge is -2.32. The van der Waals surface area contributed by atoms with Crippen molar-refractivity contribution >= 4 is 5.91 Å². The number of carbonyl (C=O) groups excluding carboxylic acids is 1. The molecule has 1 saturated heterocycles. The van der Waals surface area contributed by atoms with E-state index in [1.807, 2.05) is 0 Å². The van der Waals surface area contributed by atoms with Crippen LogP contribution >= 0.6 is 0 Å². The van der Waals surface area contributed by atoms with Crippen molar-refractivity contribution in [3.8, 4) is 0 Å². The van der Waals surface area contributed by atoms with Gasteiger partial charge in [0.15, 0.2) is 0 Å². The van der Waals surface area contributed by atoms with Crippen LogP contribution in [0, 0.1) is 5.92 Å². The van der Waals surface area contributed by atoms with Gasteiger partial charge >= 0.3 is 0 Å². The highest BCUT2D eigenvalue weighted by atomic mass is 16.1. The van der Waals surface area contributed by atoms with Crippen LogP contribution in [0.1, 0.15) is 50.7 Å². The van der Waals surface area contributed by atoms with Crippen LogP contribution < -0.4 is 5.32 Å². The van der Waals surface area contributed by atoms with Crippen LogP contribution in [-0.4, -0.2) is 37.0 Å². The molecule has 1 aliphatic heterocycles. The molecule has 1 fully saturated rings. The Balaban J connectivity index is 1.77. The van der Waals surface area contributed by atoms with Gasteiger partial charge < -0.3 is 10.2 Å². The van der Waals surface area contributed by atoms with Crippen molar-refractivity contribution in [3.05, 3.63) is 35.4 Å². The van der Waals surface area contributed by atoms with E-state index >= 15 is 0 Å². The minimum Gasteiger partial charge on any atom is -0.356 e. The Morgan fingerprint density at radius 3 is 2.68 bits per heavy atom. The van der Waals surface area contributed by atoms with Crippen molar-refractivity contribution in [2.75, 3.05) is 26.2 Å². The van der Waals surface area contributed by atoms with Gasteiger partial charge in [-0.05, 0) is 48.8 Å². The van der Waals surface area contributed by atoms with Gasteiger partial charge in [0.25, 0.3) is 0 Å². The van der Waals surface area contributed by atoms with Gasteiger partial charge in [0.1, 0.15) is 0 Å². The number of piperidine rings is 1. The zero-order valence-corrected chi connectivity index (χ0v) is 14.3. The van der Waals surface area contributed by atoms with Crippen molar-refractivity contribution < 1.29 is 4.79 Å². The molecule has 22 heavy (non-hydrogen) atoms. The molecule has 1 atom stereocenters. The average molecular weight is 302 g/mol. The predicted octanol–water partition coefficient (Wildman–Crippen LogP) is 3.20. The molecule has 1 amide bonds. The lowest BCUT2D eigenvalue weighted by Crippen LogP contribution is -2.41. The Kier molecular flexibility index (Phi) is 6.44. The van der Waals surface area contributed by atoms with Crippen LogP contribution in [0.4, 0.5) is 0 Å². The molecule has 3 heteroatoms. The van der Waals surface area contributed by atoms with Gasteiger partial charge in [-0.25, -0.2) is 0 Å². The number of rotatable bonds is 6. The van der Waals surface area contributed by atoms with E-state index in [0.29, 0.717) is 11.8 Å². The summed E-state index contributed by atoms with van der Waals surface area (Å²) in [6, 6.07) is 9.06. The van der Waals surface area contributed by atoms with Gasteiger partial charge in [-0.2, -0.15) is 0 Å². The highest BCUT2D eigenvalue weighted by molar-refractivity contribution is 5.72. The summed E-state index contributed by atoms with van der Waals surface area (Å²) in [7, 11) is 0. The normalized spacial score (nSPS) is 19.4. The van der Waals surface area contributed by atoms with Crippen molar-refractivity contribution in [2.24, 2.45) is 5.92 Å². The van der Waals surface area contributed by atoms with E-state index in [0.717, 1.165) is 26.1 Å². The second kappa shape index (κ2) is 8.33. The molecule has 0 spiro atoms. The summed E-state index contributed by atoms with van der Waals surface area (Å²) in [5.74, 6) is 1.30.